The lowest BCUT2D eigenvalue weighted by molar-refractivity contribution is -0.137. The average molecular weight is 381 g/mol. The molecule has 0 aliphatic heterocycles. The van der Waals surface area contributed by atoms with Crippen molar-refractivity contribution in [2.75, 3.05) is 0 Å². The molecule has 3 rings (SSSR count). The molecule has 1 atom stereocenters. The first-order valence-electron chi connectivity index (χ1n) is 8.33. The number of carboxylic acids is 1. The number of carbonyl (C=O) groups excluding carboxylic acids is 1. The van der Waals surface area contributed by atoms with Crippen LogP contribution >= 0.6 is 11.6 Å². The molecule has 1 unspecified atom stereocenters. The molecule has 5 nitrogen and oxygen atoms in total. The third kappa shape index (κ3) is 4.71. The van der Waals surface area contributed by atoms with E-state index in [0.717, 1.165) is 11.1 Å². The Morgan fingerprint density at radius 2 is 1.70 bits per heavy atom. The van der Waals surface area contributed by atoms with Gasteiger partial charge in [-0.3, -0.25) is 14.6 Å². The Hall–Kier alpha value is -3.18. The van der Waals surface area contributed by atoms with E-state index in [-0.39, 0.29) is 12.1 Å². The number of pyridine rings is 1. The summed E-state index contributed by atoms with van der Waals surface area (Å²) in [4.78, 5) is 28.1. The quantitative estimate of drug-likeness (QED) is 0.666. The van der Waals surface area contributed by atoms with Crippen LogP contribution in [0, 0.1) is 0 Å². The van der Waals surface area contributed by atoms with E-state index in [1.165, 1.54) is 0 Å². The number of rotatable bonds is 6. The van der Waals surface area contributed by atoms with Crippen LogP contribution in [0.5, 0.6) is 0 Å². The number of hydrogen-bond donors (Lipinski definition) is 2. The van der Waals surface area contributed by atoms with Crippen molar-refractivity contribution in [2.24, 2.45) is 0 Å². The minimum Gasteiger partial charge on any atom is -0.481 e. The Morgan fingerprint density at radius 1 is 1.00 bits per heavy atom. The standard InChI is InChI=1S/C21H17ClN2O3/c22-17-9-5-4-8-16(17)18(13-20(25)26)24-21(27)19-12-15(10-11-23-19)14-6-2-1-3-7-14/h1-12,18H,13H2,(H,24,27)(H,25,26). The van der Waals surface area contributed by atoms with Crippen molar-refractivity contribution in [2.45, 2.75) is 12.5 Å². The van der Waals surface area contributed by atoms with Crippen molar-refractivity contribution in [3.8, 4) is 11.1 Å². The molecule has 0 saturated carbocycles. The Morgan fingerprint density at radius 3 is 2.41 bits per heavy atom. The number of aromatic nitrogens is 1. The van der Waals surface area contributed by atoms with E-state index in [9.17, 15) is 14.7 Å². The number of hydrogen-bond acceptors (Lipinski definition) is 3. The van der Waals surface area contributed by atoms with E-state index in [0.29, 0.717) is 10.6 Å². The number of halogens is 1. The minimum absolute atomic E-state index is 0.207. The number of carbonyl (C=O) groups is 2. The van der Waals surface area contributed by atoms with Gasteiger partial charge in [0.05, 0.1) is 12.5 Å². The van der Waals surface area contributed by atoms with Crippen molar-refractivity contribution in [3.05, 3.63) is 89.2 Å². The van der Waals surface area contributed by atoms with Gasteiger partial charge in [0.2, 0.25) is 0 Å². The molecule has 1 amide bonds. The van der Waals surface area contributed by atoms with E-state index in [4.69, 9.17) is 11.6 Å². The van der Waals surface area contributed by atoms with Gasteiger partial charge in [-0.25, -0.2) is 0 Å². The maximum atomic E-state index is 12.7. The number of nitrogens with one attached hydrogen (secondary N) is 1. The van der Waals surface area contributed by atoms with Gasteiger partial charge in [0, 0.05) is 11.2 Å². The molecule has 2 aromatic carbocycles. The molecule has 0 aliphatic rings. The predicted molar refractivity (Wildman–Crippen MR) is 104 cm³/mol. The zero-order valence-corrected chi connectivity index (χ0v) is 15.1. The molecule has 136 valence electrons. The highest BCUT2D eigenvalue weighted by atomic mass is 35.5. The summed E-state index contributed by atoms with van der Waals surface area (Å²) in [6.07, 6.45) is 1.27. The summed E-state index contributed by atoms with van der Waals surface area (Å²) in [6.45, 7) is 0. The maximum absolute atomic E-state index is 12.7. The van der Waals surface area contributed by atoms with Gasteiger partial charge in [0.15, 0.2) is 0 Å². The minimum atomic E-state index is -1.04. The molecule has 0 bridgehead atoms. The molecule has 27 heavy (non-hydrogen) atoms. The number of nitrogens with zero attached hydrogens (tertiary/aromatic N) is 1. The maximum Gasteiger partial charge on any atom is 0.305 e. The molecule has 0 fully saturated rings. The first kappa shape index (κ1) is 18.6. The van der Waals surface area contributed by atoms with Gasteiger partial charge in [-0.15, -0.1) is 0 Å². The molecule has 1 aromatic heterocycles. The molecule has 0 aliphatic carbocycles. The second-order valence-electron chi connectivity index (χ2n) is 5.94. The fourth-order valence-corrected chi connectivity index (χ4v) is 3.04. The molecular weight excluding hydrogens is 364 g/mol. The molecule has 2 N–H and O–H groups in total. The highest BCUT2D eigenvalue weighted by Crippen LogP contribution is 2.26. The predicted octanol–water partition coefficient (Wildman–Crippen LogP) is 4.35. The van der Waals surface area contributed by atoms with Crippen LogP contribution in [0.15, 0.2) is 72.9 Å². The van der Waals surface area contributed by atoms with Crippen LogP contribution in [-0.4, -0.2) is 22.0 Å². The van der Waals surface area contributed by atoms with Crippen LogP contribution in [0.25, 0.3) is 11.1 Å². The number of carboxylic acid groups (broad SMARTS) is 1. The second-order valence-corrected chi connectivity index (χ2v) is 6.35. The third-order valence-corrected chi connectivity index (χ3v) is 4.41. The van der Waals surface area contributed by atoms with Gasteiger partial charge >= 0.3 is 5.97 Å². The summed E-state index contributed by atoms with van der Waals surface area (Å²) < 4.78 is 0. The zero-order chi connectivity index (χ0) is 19.2. The summed E-state index contributed by atoms with van der Waals surface area (Å²) in [7, 11) is 0. The van der Waals surface area contributed by atoms with Crippen LogP contribution in [0.4, 0.5) is 0 Å². The Bertz CT molecular complexity index is 960. The van der Waals surface area contributed by atoms with E-state index >= 15 is 0 Å². The molecule has 3 aromatic rings. The van der Waals surface area contributed by atoms with Crippen LogP contribution in [0.1, 0.15) is 28.5 Å². The molecule has 0 radical (unpaired) electrons. The summed E-state index contributed by atoms with van der Waals surface area (Å²) >= 11 is 6.18. The van der Waals surface area contributed by atoms with Crippen molar-refractivity contribution in [1.82, 2.24) is 10.3 Å². The lowest BCUT2D eigenvalue weighted by Gasteiger charge is -2.18. The highest BCUT2D eigenvalue weighted by Gasteiger charge is 2.21. The summed E-state index contributed by atoms with van der Waals surface area (Å²) in [5.74, 6) is -1.50. The molecular formula is C21H17ClN2O3. The number of aliphatic carboxylic acids is 1. The molecule has 6 heteroatoms. The normalized spacial score (nSPS) is 11.6. The molecule has 0 saturated heterocycles. The monoisotopic (exact) mass is 380 g/mol. The van der Waals surface area contributed by atoms with Gasteiger partial charge < -0.3 is 10.4 Å². The molecule has 1 heterocycles. The van der Waals surface area contributed by atoms with Crippen LogP contribution in [0.3, 0.4) is 0 Å². The van der Waals surface area contributed by atoms with E-state index in [1.54, 1.807) is 36.5 Å². The number of amides is 1. The zero-order valence-electron chi connectivity index (χ0n) is 14.3. The highest BCUT2D eigenvalue weighted by molar-refractivity contribution is 6.31. The lowest BCUT2D eigenvalue weighted by Crippen LogP contribution is -2.31. The fourth-order valence-electron chi connectivity index (χ4n) is 2.77. The summed E-state index contributed by atoms with van der Waals surface area (Å²) in [6, 6.07) is 19.2. The Kier molecular flexibility index (Phi) is 5.84. The number of benzene rings is 2. The summed E-state index contributed by atoms with van der Waals surface area (Å²) in [5, 5.41) is 12.3. The van der Waals surface area contributed by atoms with E-state index < -0.39 is 17.9 Å². The van der Waals surface area contributed by atoms with Crippen molar-refractivity contribution < 1.29 is 14.7 Å². The first-order chi connectivity index (χ1) is 13.0. The SMILES string of the molecule is O=C(O)CC(NC(=O)c1cc(-c2ccccc2)ccn1)c1ccccc1Cl. The van der Waals surface area contributed by atoms with Gasteiger partial charge in [0.25, 0.3) is 5.91 Å². The van der Waals surface area contributed by atoms with Crippen molar-refractivity contribution >= 4 is 23.5 Å². The topological polar surface area (TPSA) is 79.3 Å². The van der Waals surface area contributed by atoms with Gasteiger partial charge in [-0.05, 0) is 34.9 Å². The van der Waals surface area contributed by atoms with E-state index in [2.05, 4.69) is 10.3 Å². The largest absolute Gasteiger partial charge is 0.481 e. The second kappa shape index (κ2) is 8.47. The molecule has 0 spiro atoms. The van der Waals surface area contributed by atoms with Crippen molar-refractivity contribution in [3.63, 3.8) is 0 Å². The fraction of sp³-hybridized carbons (Fsp3) is 0.0952. The lowest BCUT2D eigenvalue weighted by atomic mass is 10.0. The Balaban J connectivity index is 1.86. The van der Waals surface area contributed by atoms with Crippen LogP contribution in [-0.2, 0) is 4.79 Å². The van der Waals surface area contributed by atoms with Gasteiger partial charge in [-0.2, -0.15) is 0 Å². The smallest absolute Gasteiger partial charge is 0.305 e. The van der Waals surface area contributed by atoms with Gasteiger partial charge in [0.1, 0.15) is 5.69 Å². The van der Waals surface area contributed by atoms with Gasteiger partial charge in [-0.1, -0.05) is 60.1 Å². The Labute approximate surface area is 161 Å². The third-order valence-electron chi connectivity index (χ3n) is 4.06. The van der Waals surface area contributed by atoms with E-state index in [1.807, 2.05) is 36.4 Å². The average Bonchev–Trinajstić information content (AvgIpc) is 2.68. The van der Waals surface area contributed by atoms with Crippen LogP contribution < -0.4 is 5.32 Å². The van der Waals surface area contributed by atoms with Crippen molar-refractivity contribution in [1.29, 1.82) is 0 Å². The first-order valence-corrected chi connectivity index (χ1v) is 8.71. The summed E-state index contributed by atoms with van der Waals surface area (Å²) in [5.41, 5.74) is 2.57. The van der Waals surface area contributed by atoms with Crippen LogP contribution in [0.2, 0.25) is 5.02 Å².